The zero-order valence-corrected chi connectivity index (χ0v) is 33.1. The molecular formula is C56H38N2S. The zero-order valence-electron chi connectivity index (χ0n) is 32.2. The summed E-state index contributed by atoms with van der Waals surface area (Å²) in [6.45, 7) is 0. The maximum absolute atomic E-state index is 2.46. The molecule has 0 saturated carbocycles. The van der Waals surface area contributed by atoms with Crippen molar-refractivity contribution in [3.8, 4) is 22.3 Å². The first-order chi connectivity index (χ1) is 29.3. The Labute approximate surface area is 348 Å². The first-order valence-corrected chi connectivity index (χ1v) is 20.9. The molecule has 0 aliphatic rings. The molecule has 0 N–H and O–H groups in total. The van der Waals surface area contributed by atoms with Gasteiger partial charge in [0.15, 0.2) is 0 Å². The summed E-state index contributed by atoms with van der Waals surface area (Å²) in [5, 5.41) is 7.44. The molecule has 3 heteroatoms. The van der Waals surface area contributed by atoms with Crippen LogP contribution >= 0.6 is 11.3 Å². The van der Waals surface area contributed by atoms with Crippen LogP contribution in [0.3, 0.4) is 0 Å². The third-order valence-corrected chi connectivity index (χ3v) is 12.5. The first-order valence-electron chi connectivity index (χ1n) is 20.1. The number of nitrogens with zero attached hydrogens (tertiary/aromatic N) is 2. The van der Waals surface area contributed by atoms with Gasteiger partial charge in [0.2, 0.25) is 0 Å². The van der Waals surface area contributed by atoms with Crippen LogP contribution in [0.5, 0.6) is 0 Å². The van der Waals surface area contributed by atoms with Gasteiger partial charge < -0.3 is 9.80 Å². The largest absolute Gasteiger partial charge is 0.310 e. The number of anilines is 6. The molecule has 0 unspecified atom stereocenters. The van der Waals surface area contributed by atoms with Gasteiger partial charge >= 0.3 is 0 Å². The molecule has 0 spiro atoms. The molecule has 0 aliphatic carbocycles. The normalized spacial score (nSPS) is 11.4. The van der Waals surface area contributed by atoms with Gasteiger partial charge in [-0.05, 0) is 105 Å². The van der Waals surface area contributed by atoms with E-state index in [0.717, 1.165) is 34.1 Å². The van der Waals surface area contributed by atoms with Crippen molar-refractivity contribution in [1.82, 2.24) is 0 Å². The molecule has 0 bridgehead atoms. The summed E-state index contributed by atoms with van der Waals surface area (Å²) in [5.41, 5.74) is 11.5. The highest BCUT2D eigenvalue weighted by Crippen LogP contribution is 2.48. The summed E-state index contributed by atoms with van der Waals surface area (Å²) in [4.78, 5) is 4.83. The molecule has 11 rings (SSSR count). The van der Waals surface area contributed by atoms with Crippen molar-refractivity contribution in [2.75, 3.05) is 9.80 Å². The van der Waals surface area contributed by atoms with E-state index in [-0.39, 0.29) is 0 Å². The van der Waals surface area contributed by atoms with Crippen molar-refractivity contribution in [3.63, 3.8) is 0 Å². The summed E-state index contributed by atoms with van der Waals surface area (Å²) in [6, 6.07) is 83.7. The van der Waals surface area contributed by atoms with E-state index in [1.807, 2.05) is 11.3 Å². The monoisotopic (exact) mass is 770 g/mol. The lowest BCUT2D eigenvalue weighted by Gasteiger charge is -2.31. The third-order valence-electron chi connectivity index (χ3n) is 11.4. The quantitative estimate of drug-likeness (QED) is 0.152. The van der Waals surface area contributed by atoms with E-state index in [0.29, 0.717) is 0 Å². The lowest BCUT2D eigenvalue weighted by molar-refractivity contribution is 1.26. The van der Waals surface area contributed by atoms with Crippen LogP contribution in [0.4, 0.5) is 34.1 Å². The van der Waals surface area contributed by atoms with E-state index < -0.39 is 0 Å². The topological polar surface area (TPSA) is 6.48 Å². The molecule has 0 fully saturated rings. The van der Waals surface area contributed by atoms with Gasteiger partial charge in [-0.15, -0.1) is 11.3 Å². The average Bonchev–Trinajstić information content (AvgIpc) is 3.68. The lowest BCUT2D eigenvalue weighted by atomic mass is 9.95. The van der Waals surface area contributed by atoms with Gasteiger partial charge in [-0.2, -0.15) is 0 Å². The van der Waals surface area contributed by atoms with Gasteiger partial charge in [-0.25, -0.2) is 0 Å². The van der Waals surface area contributed by atoms with Crippen LogP contribution in [-0.2, 0) is 0 Å². The maximum atomic E-state index is 2.46. The van der Waals surface area contributed by atoms with Crippen LogP contribution in [0.1, 0.15) is 0 Å². The van der Waals surface area contributed by atoms with Crippen molar-refractivity contribution < 1.29 is 0 Å². The average molecular weight is 771 g/mol. The number of hydrogen-bond acceptors (Lipinski definition) is 3. The predicted molar refractivity (Wildman–Crippen MR) is 255 cm³/mol. The van der Waals surface area contributed by atoms with E-state index in [2.05, 4.69) is 240 Å². The lowest BCUT2D eigenvalue weighted by Crippen LogP contribution is -2.14. The van der Waals surface area contributed by atoms with Crippen LogP contribution in [-0.4, -0.2) is 0 Å². The fourth-order valence-corrected chi connectivity index (χ4v) is 9.87. The van der Waals surface area contributed by atoms with Crippen LogP contribution in [0.25, 0.3) is 64.0 Å². The summed E-state index contributed by atoms with van der Waals surface area (Å²) in [5.74, 6) is 0. The van der Waals surface area contributed by atoms with Gasteiger partial charge in [0, 0.05) is 54.2 Å². The van der Waals surface area contributed by atoms with E-state index in [9.17, 15) is 0 Å². The molecular weight excluding hydrogens is 733 g/mol. The highest BCUT2D eigenvalue weighted by molar-refractivity contribution is 7.26. The van der Waals surface area contributed by atoms with Crippen molar-refractivity contribution in [2.45, 2.75) is 0 Å². The summed E-state index contributed by atoms with van der Waals surface area (Å²) in [7, 11) is 0. The van der Waals surface area contributed by atoms with Crippen LogP contribution in [0, 0.1) is 0 Å². The van der Waals surface area contributed by atoms with Crippen molar-refractivity contribution in [3.05, 3.63) is 231 Å². The Morgan fingerprint density at radius 3 is 1.68 bits per heavy atom. The van der Waals surface area contributed by atoms with Crippen LogP contribution < -0.4 is 9.80 Å². The van der Waals surface area contributed by atoms with Gasteiger partial charge in [-0.1, -0.05) is 164 Å². The van der Waals surface area contributed by atoms with Crippen molar-refractivity contribution in [2.24, 2.45) is 0 Å². The van der Waals surface area contributed by atoms with Crippen molar-refractivity contribution >= 4 is 87.2 Å². The zero-order chi connectivity index (χ0) is 39.1. The van der Waals surface area contributed by atoms with Gasteiger partial charge in [0.05, 0.1) is 5.69 Å². The summed E-state index contributed by atoms with van der Waals surface area (Å²) in [6.07, 6.45) is 0. The van der Waals surface area contributed by atoms with E-state index in [4.69, 9.17) is 0 Å². The smallest absolute Gasteiger partial charge is 0.0546 e. The molecule has 11 aromatic rings. The summed E-state index contributed by atoms with van der Waals surface area (Å²) >= 11 is 1.86. The molecule has 2 nitrogen and oxygen atoms in total. The molecule has 0 aliphatic heterocycles. The second-order valence-corrected chi connectivity index (χ2v) is 16.0. The Bertz CT molecular complexity index is 3280. The second-order valence-electron chi connectivity index (χ2n) is 14.9. The van der Waals surface area contributed by atoms with Crippen molar-refractivity contribution in [1.29, 1.82) is 0 Å². The van der Waals surface area contributed by atoms with Crippen LogP contribution in [0.2, 0.25) is 0 Å². The standard InChI is InChI=1S/C56H38N2S/c1-4-17-40(18-5-1)50-28-15-29-53-56(50)51-34-33-48(38-54(51)59-53)58(52-35-31-41-19-12-13-27-49(41)55(52)42-20-6-2-7-21-42)46-26-14-25-45(37-46)57(44-23-8-3-9-24-44)47-32-30-39-16-10-11-22-43(39)36-47/h1-38H. The minimum atomic E-state index is 1.07. The van der Waals surface area contributed by atoms with E-state index in [1.165, 1.54) is 64.0 Å². The van der Waals surface area contributed by atoms with Gasteiger partial charge in [-0.3, -0.25) is 0 Å². The molecule has 0 saturated heterocycles. The molecule has 10 aromatic carbocycles. The molecule has 59 heavy (non-hydrogen) atoms. The van der Waals surface area contributed by atoms with Gasteiger partial charge in [0.25, 0.3) is 0 Å². The number of thiophene rings is 1. The van der Waals surface area contributed by atoms with E-state index in [1.54, 1.807) is 0 Å². The number of benzene rings is 10. The Hall–Kier alpha value is -7.46. The predicted octanol–water partition coefficient (Wildman–Crippen LogP) is 16.6. The Morgan fingerprint density at radius 2 is 0.881 bits per heavy atom. The maximum Gasteiger partial charge on any atom is 0.0546 e. The Kier molecular flexibility index (Phi) is 8.72. The fraction of sp³-hybridized carbons (Fsp3) is 0. The molecule has 0 amide bonds. The highest BCUT2D eigenvalue weighted by Gasteiger charge is 2.23. The van der Waals surface area contributed by atoms with E-state index >= 15 is 0 Å². The fourth-order valence-electron chi connectivity index (χ4n) is 8.70. The number of para-hydroxylation sites is 1. The van der Waals surface area contributed by atoms with Crippen LogP contribution in [0.15, 0.2) is 231 Å². The second kappa shape index (κ2) is 14.8. The molecule has 0 atom stereocenters. The Morgan fingerprint density at radius 1 is 0.305 bits per heavy atom. The third kappa shape index (κ3) is 6.29. The van der Waals surface area contributed by atoms with Gasteiger partial charge in [0.1, 0.15) is 0 Å². The minimum Gasteiger partial charge on any atom is -0.310 e. The number of hydrogen-bond donors (Lipinski definition) is 0. The Balaban J connectivity index is 1.15. The highest BCUT2D eigenvalue weighted by atomic mass is 32.1. The molecule has 278 valence electrons. The number of fused-ring (bicyclic) bond motifs is 5. The molecule has 0 radical (unpaired) electrons. The molecule has 1 aromatic heterocycles. The number of rotatable bonds is 8. The first kappa shape index (κ1) is 34.8. The minimum absolute atomic E-state index is 1.07. The SMILES string of the molecule is c1ccc(-c2c(N(c3cccc(N(c4ccccc4)c4ccc5ccccc5c4)c3)c3ccc4c(c3)sc3cccc(-c5ccccc5)c34)ccc3ccccc23)cc1. The molecule has 1 heterocycles. The summed E-state index contributed by atoms with van der Waals surface area (Å²) < 4.78 is 2.54.